The van der Waals surface area contributed by atoms with E-state index >= 15 is 0 Å². The fourth-order valence-electron chi connectivity index (χ4n) is 2.13. The third kappa shape index (κ3) is 2.77. The molecule has 20 heavy (non-hydrogen) atoms. The van der Waals surface area contributed by atoms with Gasteiger partial charge in [0.25, 0.3) is 0 Å². The molecule has 1 aromatic carbocycles. The third-order valence-electron chi connectivity index (χ3n) is 3.41. The summed E-state index contributed by atoms with van der Waals surface area (Å²) in [7, 11) is 1.91. The number of hydrogen-bond donors (Lipinski definition) is 1. The predicted molar refractivity (Wildman–Crippen MR) is 79.8 cm³/mol. The van der Waals surface area contributed by atoms with Gasteiger partial charge < -0.3 is 14.6 Å². The van der Waals surface area contributed by atoms with Crippen LogP contribution in [-0.4, -0.2) is 11.2 Å². The number of nitrogens with one attached hydrogen (secondary N) is 1. The Hall–Kier alpha value is -2.41. The Morgan fingerprint density at radius 2 is 2.10 bits per heavy atom. The Bertz CT molecular complexity index is 638. The standard InChI is InChI=1S/C16H19N3O/c1-4-20-16-8-6-5-7-15(16)18-11-13-9-14(10-17)19(3)12(13)2/h5-9,18H,4,11H2,1-3H3. The maximum Gasteiger partial charge on any atom is 0.142 e. The fourth-order valence-corrected chi connectivity index (χ4v) is 2.13. The monoisotopic (exact) mass is 269 g/mol. The summed E-state index contributed by atoms with van der Waals surface area (Å²) in [5.74, 6) is 0.851. The van der Waals surface area contributed by atoms with Gasteiger partial charge in [-0.25, -0.2) is 0 Å². The molecule has 0 atom stereocenters. The highest BCUT2D eigenvalue weighted by atomic mass is 16.5. The summed E-state index contributed by atoms with van der Waals surface area (Å²) in [6.07, 6.45) is 0. The SMILES string of the molecule is CCOc1ccccc1NCc1cc(C#N)n(C)c1C. The Morgan fingerprint density at radius 3 is 2.75 bits per heavy atom. The summed E-state index contributed by atoms with van der Waals surface area (Å²) in [6.45, 7) is 5.30. The average molecular weight is 269 g/mol. The van der Waals surface area contributed by atoms with E-state index < -0.39 is 0 Å². The van der Waals surface area contributed by atoms with E-state index in [1.807, 2.05) is 55.8 Å². The van der Waals surface area contributed by atoms with Crippen LogP contribution in [0.4, 0.5) is 5.69 Å². The van der Waals surface area contributed by atoms with Crippen LogP contribution in [0.15, 0.2) is 30.3 Å². The van der Waals surface area contributed by atoms with Crippen molar-refractivity contribution >= 4 is 5.69 Å². The zero-order valence-corrected chi connectivity index (χ0v) is 12.1. The maximum absolute atomic E-state index is 9.04. The maximum atomic E-state index is 9.04. The number of rotatable bonds is 5. The van der Waals surface area contributed by atoms with Gasteiger partial charge in [-0.15, -0.1) is 0 Å². The van der Waals surface area contributed by atoms with Gasteiger partial charge >= 0.3 is 0 Å². The largest absolute Gasteiger partial charge is 0.492 e. The quantitative estimate of drug-likeness (QED) is 0.906. The molecule has 104 valence electrons. The van der Waals surface area contributed by atoms with E-state index in [0.29, 0.717) is 18.8 Å². The van der Waals surface area contributed by atoms with Crippen LogP contribution in [0.2, 0.25) is 0 Å². The van der Waals surface area contributed by atoms with Gasteiger partial charge in [-0.05, 0) is 37.6 Å². The average Bonchev–Trinajstić information content (AvgIpc) is 2.74. The topological polar surface area (TPSA) is 50.0 Å². The summed E-state index contributed by atoms with van der Waals surface area (Å²) >= 11 is 0. The molecule has 0 fully saturated rings. The van der Waals surface area contributed by atoms with Crippen molar-refractivity contribution in [2.24, 2.45) is 7.05 Å². The molecule has 0 saturated heterocycles. The molecule has 0 aliphatic carbocycles. The first-order chi connectivity index (χ1) is 9.67. The Labute approximate surface area is 119 Å². The number of para-hydroxylation sites is 2. The van der Waals surface area contributed by atoms with E-state index in [9.17, 15) is 0 Å². The van der Waals surface area contributed by atoms with Crippen molar-refractivity contribution in [2.45, 2.75) is 20.4 Å². The zero-order valence-electron chi connectivity index (χ0n) is 12.1. The first kappa shape index (κ1) is 14.0. The van der Waals surface area contributed by atoms with Crippen molar-refractivity contribution in [2.75, 3.05) is 11.9 Å². The number of benzene rings is 1. The molecule has 0 unspecified atom stereocenters. The van der Waals surface area contributed by atoms with E-state index in [4.69, 9.17) is 10.00 Å². The van der Waals surface area contributed by atoms with Gasteiger partial charge in [0.2, 0.25) is 0 Å². The third-order valence-corrected chi connectivity index (χ3v) is 3.41. The smallest absolute Gasteiger partial charge is 0.142 e. The van der Waals surface area contributed by atoms with Gasteiger partial charge in [0, 0.05) is 19.3 Å². The van der Waals surface area contributed by atoms with Crippen LogP contribution in [0, 0.1) is 18.3 Å². The lowest BCUT2D eigenvalue weighted by Crippen LogP contribution is -2.03. The van der Waals surface area contributed by atoms with Gasteiger partial charge in [0.05, 0.1) is 12.3 Å². The molecule has 0 amide bonds. The second kappa shape index (κ2) is 6.16. The molecule has 0 aliphatic heterocycles. The molecule has 0 radical (unpaired) electrons. The minimum atomic E-state index is 0.641. The molecule has 1 N–H and O–H groups in total. The minimum absolute atomic E-state index is 0.641. The number of nitriles is 1. The van der Waals surface area contributed by atoms with E-state index in [2.05, 4.69) is 11.4 Å². The second-order valence-corrected chi connectivity index (χ2v) is 4.59. The highest BCUT2D eigenvalue weighted by Crippen LogP contribution is 2.25. The molecule has 1 heterocycles. The molecule has 0 aliphatic rings. The lowest BCUT2D eigenvalue weighted by atomic mass is 10.2. The van der Waals surface area contributed by atoms with E-state index in [0.717, 1.165) is 22.7 Å². The van der Waals surface area contributed by atoms with Gasteiger partial charge in [-0.2, -0.15) is 5.26 Å². The van der Waals surface area contributed by atoms with Gasteiger partial charge in [-0.3, -0.25) is 0 Å². The van der Waals surface area contributed by atoms with Crippen molar-refractivity contribution in [1.82, 2.24) is 4.57 Å². The highest BCUT2D eigenvalue weighted by Gasteiger charge is 2.09. The predicted octanol–water partition coefficient (Wildman–Crippen LogP) is 3.22. The van der Waals surface area contributed by atoms with Gasteiger partial charge in [-0.1, -0.05) is 12.1 Å². The van der Waals surface area contributed by atoms with Gasteiger partial charge in [0.15, 0.2) is 0 Å². The summed E-state index contributed by atoms with van der Waals surface area (Å²) in [5, 5.41) is 12.4. The van der Waals surface area contributed by atoms with E-state index in [-0.39, 0.29) is 0 Å². The first-order valence-electron chi connectivity index (χ1n) is 6.68. The number of hydrogen-bond acceptors (Lipinski definition) is 3. The normalized spacial score (nSPS) is 10.1. The number of aromatic nitrogens is 1. The lowest BCUT2D eigenvalue weighted by Gasteiger charge is -2.12. The van der Waals surface area contributed by atoms with Crippen LogP contribution >= 0.6 is 0 Å². The molecule has 0 spiro atoms. The molecular weight excluding hydrogens is 250 g/mol. The summed E-state index contributed by atoms with van der Waals surface area (Å²) < 4.78 is 7.49. The Morgan fingerprint density at radius 1 is 1.35 bits per heavy atom. The molecule has 1 aromatic heterocycles. The first-order valence-corrected chi connectivity index (χ1v) is 6.68. The van der Waals surface area contributed by atoms with Crippen LogP contribution in [0.5, 0.6) is 5.75 Å². The molecule has 2 aromatic rings. The number of anilines is 1. The lowest BCUT2D eigenvalue weighted by molar-refractivity contribution is 0.341. The van der Waals surface area contributed by atoms with Gasteiger partial charge in [0.1, 0.15) is 17.5 Å². The minimum Gasteiger partial charge on any atom is -0.492 e. The van der Waals surface area contributed by atoms with Crippen molar-refractivity contribution in [3.05, 3.63) is 47.3 Å². The van der Waals surface area contributed by atoms with Crippen LogP contribution in [0.1, 0.15) is 23.9 Å². The molecule has 4 heteroatoms. The molecule has 0 saturated carbocycles. The second-order valence-electron chi connectivity index (χ2n) is 4.59. The van der Waals surface area contributed by atoms with Crippen molar-refractivity contribution in [1.29, 1.82) is 5.26 Å². The highest BCUT2D eigenvalue weighted by molar-refractivity contribution is 5.56. The van der Waals surface area contributed by atoms with Crippen molar-refractivity contribution in [3.8, 4) is 11.8 Å². The number of ether oxygens (including phenoxy) is 1. The summed E-state index contributed by atoms with van der Waals surface area (Å²) in [4.78, 5) is 0. The van der Waals surface area contributed by atoms with Crippen LogP contribution in [0.3, 0.4) is 0 Å². The zero-order chi connectivity index (χ0) is 14.5. The van der Waals surface area contributed by atoms with Crippen molar-refractivity contribution in [3.63, 3.8) is 0 Å². The summed E-state index contributed by atoms with van der Waals surface area (Å²) in [6, 6.07) is 12.0. The number of nitrogens with zero attached hydrogens (tertiary/aromatic N) is 2. The molecule has 0 bridgehead atoms. The molecular formula is C16H19N3O. The van der Waals surface area contributed by atoms with Crippen LogP contribution in [-0.2, 0) is 13.6 Å². The summed E-state index contributed by atoms with van der Waals surface area (Å²) in [5.41, 5.74) is 3.87. The van der Waals surface area contributed by atoms with E-state index in [1.54, 1.807) is 0 Å². The van der Waals surface area contributed by atoms with Crippen LogP contribution < -0.4 is 10.1 Å². The molecule has 4 nitrogen and oxygen atoms in total. The molecule has 2 rings (SSSR count). The van der Waals surface area contributed by atoms with E-state index in [1.165, 1.54) is 0 Å². The Kier molecular flexibility index (Phi) is 4.31. The van der Waals surface area contributed by atoms with Crippen LogP contribution in [0.25, 0.3) is 0 Å². The fraction of sp³-hybridized carbons (Fsp3) is 0.312. The Balaban J connectivity index is 2.15. The van der Waals surface area contributed by atoms with Crippen molar-refractivity contribution < 1.29 is 4.74 Å².